The highest BCUT2D eigenvalue weighted by molar-refractivity contribution is 5.78. The number of para-hydroxylation sites is 2. The molecule has 30 heavy (non-hydrogen) atoms. The van der Waals surface area contributed by atoms with Gasteiger partial charge < -0.3 is 20.1 Å². The first kappa shape index (κ1) is 21.4. The monoisotopic (exact) mass is 408 g/mol. The highest BCUT2D eigenvalue weighted by Gasteiger charge is 2.18. The van der Waals surface area contributed by atoms with Crippen LogP contribution in [-0.4, -0.2) is 50.5 Å². The number of nitrogen functional groups attached to an aromatic ring is 1. The highest BCUT2D eigenvalue weighted by Crippen LogP contribution is 2.30. The molecular formula is C22H28N6O2. The van der Waals surface area contributed by atoms with E-state index in [0.29, 0.717) is 43.6 Å². The number of anilines is 5. The van der Waals surface area contributed by atoms with Gasteiger partial charge in [-0.1, -0.05) is 36.4 Å². The second-order valence-corrected chi connectivity index (χ2v) is 6.55. The summed E-state index contributed by atoms with van der Waals surface area (Å²) in [5, 5.41) is 1.94. The molecule has 0 aliphatic heterocycles. The Morgan fingerprint density at radius 3 is 1.87 bits per heavy atom. The van der Waals surface area contributed by atoms with Gasteiger partial charge in [0.05, 0.1) is 24.6 Å². The van der Waals surface area contributed by atoms with E-state index in [1.54, 1.807) is 14.2 Å². The number of hydrazine groups is 1. The number of nitrogens with one attached hydrogen (secondary N) is 1. The fourth-order valence-electron chi connectivity index (χ4n) is 2.99. The van der Waals surface area contributed by atoms with E-state index in [1.807, 2.05) is 70.6 Å². The quantitative estimate of drug-likeness (QED) is 0.467. The zero-order valence-electron chi connectivity index (χ0n) is 17.4. The maximum absolute atomic E-state index is 6.49. The minimum absolute atomic E-state index is 0.460. The summed E-state index contributed by atoms with van der Waals surface area (Å²) in [5.74, 6) is 1.16. The van der Waals surface area contributed by atoms with Crippen LogP contribution in [0.3, 0.4) is 0 Å². The molecule has 0 amide bonds. The zero-order valence-corrected chi connectivity index (χ0v) is 17.4. The molecule has 2 aromatic carbocycles. The lowest BCUT2D eigenvalue weighted by atomic mass is 10.2. The first-order valence-electron chi connectivity index (χ1n) is 9.74. The predicted octanol–water partition coefficient (Wildman–Crippen LogP) is 3.32. The number of nitrogens with zero attached hydrogens (tertiary/aromatic N) is 4. The van der Waals surface area contributed by atoms with Crippen LogP contribution in [0, 0.1) is 0 Å². The van der Waals surface area contributed by atoms with Crippen molar-refractivity contribution in [2.75, 3.05) is 61.6 Å². The van der Waals surface area contributed by atoms with Gasteiger partial charge in [-0.05, 0) is 24.3 Å². The SMILES string of the molecule is COCCN(CCOC)c1ncnc(NN(c2ccccc2)c2ccccc2)c1N. The largest absolute Gasteiger partial charge is 0.393 e. The molecule has 158 valence electrons. The lowest BCUT2D eigenvalue weighted by Crippen LogP contribution is -2.33. The topological polar surface area (TPSA) is 88.8 Å². The molecule has 0 fully saturated rings. The van der Waals surface area contributed by atoms with Crippen LogP contribution in [0.4, 0.5) is 28.7 Å². The molecule has 1 heterocycles. The van der Waals surface area contributed by atoms with Crippen LogP contribution in [0.2, 0.25) is 0 Å². The van der Waals surface area contributed by atoms with Crippen molar-refractivity contribution >= 4 is 28.7 Å². The van der Waals surface area contributed by atoms with Gasteiger partial charge in [0, 0.05) is 27.3 Å². The van der Waals surface area contributed by atoms with Gasteiger partial charge >= 0.3 is 0 Å². The Bertz CT molecular complexity index is 847. The first-order valence-corrected chi connectivity index (χ1v) is 9.74. The lowest BCUT2D eigenvalue weighted by Gasteiger charge is -2.28. The number of aromatic nitrogens is 2. The number of rotatable bonds is 11. The Balaban J connectivity index is 1.93. The maximum Gasteiger partial charge on any atom is 0.173 e. The molecule has 0 radical (unpaired) electrons. The van der Waals surface area contributed by atoms with Crippen LogP contribution in [0.5, 0.6) is 0 Å². The Labute approximate surface area is 177 Å². The van der Waals surface area contributed by atoms with Crippen molar-refractivity contribution < 1.29 is 9.47 Å². The Hall–Kier alpha value is -3.36. The molecule has 0 saturated carbocycles. The summed E-state index contributed by atoms with van der Waals surface area (Å²) < 4.78 is 10.5. The zero-order chi connectivity index (χ0) is 21.2. The summed E-state index contributed by atoms with van der Waals surface area (Å²) in [4.78, 5) is 10.8. The fourth-order valence-corrected chi connectivity index (χ4v) is 2.99. The molecule has 0 saturated heterocycles. The van der Waals surface area contributed by atoms with E-state index in [2.05, 4.69) is 15.4 Å². The molecule has 8 nitrogen and oxygen atoms in total. The van der Waals surface area contributed by atoms with Crippen LogP contribution < -0.4 is 21.1 Å². The van der Waals surface area contributed by atoms with Crippen molar-refractivity contribution in [1.29, 1.82) is 0 Å². The number of nitrogens with two attached hydrogens (primary N) is 1. The third-order valence-electron chi connectivity index (χ3n) is 4.54. The Morgan fingerprint density at radius 1 is 0.833 bits per heavy atom. The summed E-state index contributed by atoms with van der Waals surface area (Å²) in [7, 11) is 3.34. The normalized spacial score (nSPS) is 10.6. The fraction of sp³-hybridized carbons (Fsp3) is 0.273. The van der Waals surface area contributed by atoms with E-state index in [4.69, 9.17) is 15.2 Å². The molecule has 3 rings (SSSR count). The molecule has 0 unspecified atom stereocenters. The third kappa shape index (κ3) is 5.37. The molecule has 3 N–H and O–H groups in total. The third-order valence-corrected chi connectivity index (χ3v) is 4.54. The van der Waals surface area contributed by atoms with Crippen LogP contribution >= 0.6 is 0 Å². The molecule has 1 aromatic heterocycles. The summed E-state index contributed by atoms with van der Waals surface area (Å²) in [6, 6.07) is 20.0. The summed E-state index contributed by atoms with van der Waals surface area (Å²) in [5.41, 5.74) is 12.2. The van der Waals surface area contributed by atoms with Crippen molar-refractivity contribution in [1.82, 2.24) is 9.97 Å². The van der Waals surface area contributed by atoms with Gasteiger partial charge in [0.15, 0.2) is 11.6 Å². The van der Waals surface area contributed by atoms with Crippen LogP contribution in [0.15, 0.2) is 67.0 Å². The molecular weight excluding hydrogens is 380 g/mol. The number of hydrogen-bond donors (Lipinski definition) is 2. The van der Waals surface area contributed by atoms with Crippen LogP contribution in [0.25, 0.3) is 0 Å². The average Bonchev–Trinajstić information content (AvgIpc) is 2.80. The predicted molar refractivity (Wildman–Crippen MR) is 121 cm³/mol. The Kier molecular flexibility index (Phi) is 7.82. The standard InChI is InChI=1S/C22H28N6O2/c1-29-15-13-27(14-16-30-2)22-20(23)21(24-17-25-22)26-28(18-9-5-3-6-10-18)19-11-7-4-8-12-19/h3-12,17H,13-16,23H2,1-2H3,(H,24,25,26). The number of benzene rings is 2. The maximum atomic E-state index is 6.49. The second kappa shape index (κ2) is 11.0. The van der Waals surface area contributed by atoms with Gasteiger partial charge in [-0.15, -0.1) is 0 Å². The van der Waals surface area contributed by atoms with Gasteiger partial charge in [0.25, 0.3) is 0 Å². The second-order valence-electron chi connectivity index (χ2n) is 6.55. The van der Waals surface area contributed by atoms with Crippen molar-refractivity contribution in [2.24, 2.45) is 0 Å². The lowest BCUT2D eigenvalue weighted by molar-refractivity contribution is 0.190. The van der Waals surface area contributed by atoms with Gasteiger partial charge in [0.1, 0.15) is 12.0 Å². The van der Waals surface area contributed by atoms with Crippen molar-refractivity contribution in [3.8, 4) is 0 Å². The molecule has 0 atom stereocenters. The van der Waals surface area contributed by atoms with E-state index < -0.39 is 0 Å². The molecule has 0 bridgehead atoms. The van der Waals surface area contributed by atoms with Gasteiger partial charge in [-0.3, -0.25) is 10.4 Å². The van der Waals surface area contributed by atoms with Crippen LogP contribution in [0.1, 0.15) is 0 Å². The smallest absolute Gasteiger partial charge is 0.173 e. The van der Waals surface area contributed by atoms with Crippen LogP contribution in [-0.2, 0) is 9.47 Å². The van der Waals surface area contributed by atoms with Gasteiger partial charge in [0.2, 0.25) is 0 Å². The van der Waals surface area contributed by atoms with E-state index in [1.165, 1.54) is 6.33 Å². The molecule has 8 heteroatoms. The van der Waals surface area contributed by atoms with Crippen molar-refractivity contribution in [3.63, 3.8) is 0 Å². The van der Waals surface area contributed by atoms with E-state index in [-0.39, 0.29) is 0 Å². The van der Waals surface area contributed by atoms with E-state index >= 15 is 0 Å². The summed E-state index contributed by atoms with van der Waals surface area (Å²) in [6.45, 7) is 2.38. The first-order chi connectivity index (χ1) is 14.7. The molecule has 0 spiro atoms. The van der Waals surface area contributed by atoms with E-state index in [9.17, 15) is 0 Å². The number of ether oxygens (including phenoxy) is 2. The minimum atomic E-state index is 0.460. The van der Waals surface area contributed by atoms with Gasteiger partial charge in [-0.25, -0.2) is 9.97 Å². The Morgan fingerprint density at radius 2 is 1.37 bits per heavy atom. The molecule has 3 aromatic rings. The van der Waals surface area contributed by atoms with Gasteiger partial charge in [-0.2, -0.15) is 0 Å². The minimum Gasteiger partial charge on any atom is -0.393 e. The summed E-state index contributed by atoms with van der Waals surface area (Å²) in [6.07, 6.45) is 1.51. The molecule has 0 aliphatic carbocycles. The number of methoxy groups -OCH3 is 2. The van der Waals surface area contributed by atoms with E-state index in [0.717, 1.165) is 11.4 Å². The average molecular weight is 409 g/mol. The summed E-state index contributed by atoms with van der Waals surface area (Å²) >= 11 is 0. The number of hydrogen-bond acceptors (Lipinski definition) is 8. The molecule has 0 aliphatic rings. The van der Waals surface area contributed by atoms with Crippen molar-refractivity contribution in [3.05, 3.63) is 67.0 Å². The highest BCUT2D eigenvalue weighted by atomic mass is 16.5. The van der Waals surface area contributed by atoms with Crippen molar-refractivity contribution in [2.45, 2.75) is 0 Å².